The van der Waals surface area contributed by atoms with Gasteiger partial charge in [0, 0.05) is 0 Å². The Hall–Kier alpha value is -2.48. The third kappa shape index (κ3) is 5.37. The minimum Gasteiger partial charge on any atom is -0.461 e. The van der Waals surface area contributed by atoms with Crippen LogP contribution < -0.4 is 0 Å². The van der Waals surface area contributed by atoms with Gasteiger partial charge in [0.1, 0.15) is 11.6 Å². The van der Waals surface area contributed by atoms with Crippen molar-refractivity contribution in [1.82, 2.24) is 0 Å². The van der Waals surface area contributed by atoms with E-state index in [1.807, 2.05) is 0 Å². The van der Waals surface area contributed by atoms with E-state index in [1.165, 1.54) is 12.1 Å². The Balaban J connectivity index is 1.72. The number of hydrogen-bond acceptors (Lipinski definition) is 2. The van der Waals surface area contributed by atoms with Crippen LogP contribution in [0.15, 0.2) is 53.6 Å². The van der Waals surface area contributed by atoms with E-state index in [4.69, 9.17) is 16.3 Å². The molecule has 1 fully saturated rings. The molecule has 0 amide bonds. The molecule has 2 atom stereocenters. The van der Waals surface area contributed by atoms with Gasteiger partial charge in [-0.25, -0.2) is 0 Å². The molecular formula is C24H21ClF6O2. The largest absolute Gasteiger partial charge is 0.461 e. The van der Waals surface area contributed by atoms with Crippen molar-refractivity contribution < 1.29 is 35.9 Å². The smallest absolute Gasteiger partial charge is 0.426 e. The Morgan fingerprint density at radius 3 is 2.21 bits per heavy atom. The molecule has 1 saturated carbocycles. The summed E-state index contributed by atoms with van der Waals surface area (Å²) in [5.41, 5.74) is 1.14. The number of rotatable bonds is 5. The van der Waals surface area contributed by atoms with E-state index >= 15 is 0 Å². The molecule has 178 valence electrons. The number of esters is 1. The molecule has 2 aromatic rings. The van der Waals surface area contributed by atoms with E-state index in [0.717, 1.165) is 23.8 Å². The standard InChI is InChI=1S/C24H21ClF6O2/c1-13-15(5-4-6-17(13)14-7-9-16(10-8-14)23(26,27)28)12-33-21(32)20-18(22(20,2)3)11-19(25)24(29,30)31/h4-11,18,20H,12H2,1-3H3. The minimum absolute atomic E-state index is 0.116. The minimum atomic E-state index is -4.68. The van der Waals surface area contributed by atoms with E-state index in [9.17, 15) is 31.1 Å². The maximum absolute atomic E-state index is 12.8. The molecule has 0 spiro atoms. The highest BCUT2D eigenvalue weighted by molar-refractivity contribution is 6.30. The van der Waals surface area contributed by atoms with E-state index in [2.05, 4.69) is 0 Å². The van der Waals surface area contributed by atoms with Gasteiger partial charge in [-0.3, -0.25) is 4.79 Å². The van der Waals surface area contributed by atoms with Crippen LogP contribution in [0, 0.1) is 24.2 Å². The van der Waals surface area contributed by atoms with E-state index in [-0.39, 0.29) is 6.61 Å². The zero-order valence-electron chi connectivity index (χ0n) is 17.9. The van der Waals surface area contributed by atoms with Crippen molar-refractivity contribution in [3.63, 3.8) is 0 Å². The maximum atomic E-state index is 12.8. The van der Waals surface area contributed by atoms with Gasteiger partial charge in [-0.1, -0.05) is 61.9 Å². The number of halogens is 7. The fourth-order valence-electron chi connectivity index (χ4n) is 3.92. The first-order chi connectivity index (χ1) is 15.1. The molecule has 2 nitrogen and oxygen atoms in total. The first-order valence-corrected chi connectivity index (χ1v) is 10.4. The van der Waals surface area contributed by atoms with Gasteiger partial charge < -0.3 is 4.74 Å². The Morgan fingerprint density at radius 1 is 1.06 bits per heavy atom. The van der Waals surface area contributed by atoms with Crippen LogP contribution >= 0.6 is 11.6 Å². The van der Waals surface area contributed by atoms with Crippen LogP contribution in [0.5, 0.6) is 0 Å². The number of alkyl halides is 6. The van der Waals surface area contributed by atoms with Gasteiger partial charge in [-0.15, -0.1) is 0 Å². The molecule has 1 aliphatic carbocycles. The van der Waals surface area contributed by atoms with E-state index < -0.39 is 46.2 Å². The van der Waals surface area contributed by atoms with Crippen molar-refractivity contribution in [2.45, 2.75) is 39.7 Å². The molecule has 1 aliphatic rings. The fourth-order valence-corrected chi connectivity index (χ4v) is 4.06. The number of allylic oxidation sites excluding steroid dienone is 2. The molecule has 0 aromatic heterocycles. The predicted molar refractivity (Wildman–Crippen MR) is 112 cm³/mol. The number of hydrogen-bond donors (Lipinski definition) is 0. The lowest BCUT2D eigenvalue weighted by atomic mass is 9.96. The molecule has 33 heavy (non-hydrogen) atoms. The van der Waals surface area contributed by atoms with Crippen LogP contribution in [0.1, 0.15) is 30.5 Å². The van der Waals surface area contributed by atoms with Crippen LogP contribution in [0.2, 0.25) is 0 Å². The zero-order chi connectivity index (χ0) is 24.8. The van der Waals surface area contributed by atoms with Crippen molar-refractivity contribution in [3.8, 4) is 11.1 Å². The Kier molecular flexibility index (Phi) is 6.63. The SMILES string of the molecule is Cc1c(COC(=O)C2C(C=C(Cl)C(F)(F)F)C2(C)C)cccc1-c1ccc(C(F)(F)F)cc1. The van der Waals surface area contributed by atoms with Crippen LogP contribution in [0.25, 0.3) is 11.1 Å². The summed E-state index contributed by atoms with van der Waals surface area (Å²) in [6.45, 7) is 4.97. The van der Waals surface area contributed by atoms with Crippen molar-refractivity contribution in [1.29, 1.82) is 0 Å². The summed E-state index contributed by atoms with van der Waals surface area (Å²) in [6, 6.07) is 9.88. The van der Waals surface area contributed by atoms with Crippen molar-refractivity contribution in [3.05, 3.63) is 70.3 Å². The zero-order valence-corrected chi connectivity index (χ0v) is 18.7. The molecular weight excluding hydrogens is 470 g/mol. The highest BCUT2D eigenvalue weighted by Crippen LogP contribution is 2.60. The summed E-state index contributed by atoms with van der Waals surface area (Å²) >= 11 is 5.31. The summed E-state index contributed by atoms with van der Waals surface area (Å²) < 4.78 is 82.0. The third-order valence-electron chi connectivity index (χ3n) is 6.10. The topological polar surface area (TPSA) is 26.3 Å². The van der Waals surface area contributed by atoms with Gasteiger partial charge in [0.15, 0.2) is 0 Å². The molecule has 0 bridgehead atoms. The van der Waals surface area contributed by atoms with E-state index in [1.54, 1.807) is 39.0 Å². The van der Waals surface area contributed by atoms with Crippen LogP contribution in [-0.2, 0) is 22.3 Å². The lowest BCUT2D eigenvalue weighted by Crippen LogP contribution is -2.11. The second kappa shape index (κ2) is 8.70. The van der Waals surface area contributed by atoms with Crippen molar-refractivity contribution in [2.75, 3.05) is 0 Å². The lowest BCUT2D eigenvalue weighted by molar-refractivity contribution is -0.147. The second-order valence-corrected chi connectivity index (χ2v) is 9.02. The van der Waals surface area contributed by atoms with E-state index in [0.29, 0.717) is 16.7 Å². The quantitative estimate of drug-likeness (QED) is 0.317. The third-order valence-corrected chi connectivity index (χ3v) is 6.44. The number of carbonyl (C=O) groups is 1. The highest BCUT2D eigenvalue weighted by Gasteiger charge is 2.62. The summed E-state index contributed by atoms with van der Waals surface area (Å²) in [7, 11) is 0. The second-order valence-electron chi connectivity index (χ2n) is 8.61. The Labute approximate surface area is 192 Å². The molecule has 0 radical (unpaired) electrons. The molecule has 9 heteroatoms. The predicted octanol–water partition coefficient (Wildman–Crippen LogP) is 7.68. The van der Waals surface area contributed by atoms with Crippen molar-refractivity contribution in [2.24, 2.45) is 17.3 Å². The van der Waals surface area contributed by atoms with Crippen LogP contribution in [-0.4, -0.2) is 12.1 Å². The molecule has 2 unspecified atom stereocenters. The monoisotopic (exact) mass is 490 g/mol. The summed E-state index contributed by atoms with van der Waals surface area (Å²) in [5.74, 6) is -2.09. The fraction of sp³-hybridized carbons (Fsp3) is 0.375. The van der Waals surface area contributed by atoms with Crippen LogP contribution in [0.3, 0.4) is 0 Å². The van der Waals surface area contributed by atoms with Gasteiger partial charge in [-0.2, -0.15) is 26.3 Å². The summed E-state index contributed by atoms with van der Waals surface area (Å²) in [6.07, 6.45) is -8.26. The molecule has 3 rings (SSSR count). The van der Waals surface area contributed by atoms with Gasteiger partial charge in [0.2, 0.25) is 0 Å². The number of ether oxygens (including phenoxy) is 1. The van der Waals surface area contributed by atoms with Gasteiger partial charge in [0.25, 0.3) is 0 Å². The Morgan fingerprint density at radius 2 is 1.67 bits per heavy atom. The average molecular weight is 491 g/mol. The van der Waals surface area contributed by atoms with Gasteiger partial charge in [-0.05, 0) is 52.6 Å². The number of carbonyl (C=O) groups excluding carboxylic acids is 1. The molecule has 2 aromatic carbocycles. The average Bonchev–Trinajstić information content (AvgIpc) is 3.25. The van der Waals surface area contributed by atoms with Gasteiger partial charge in [0.05, 0.1) is 11.5 Å². The summed E-state index contributed by atoms with van der Waals surface area (Å²) in [4.78, 5) is 12.6. The molecule has 0 saturated heterocycles. The van der Waals surface area contributed by atoms with Crippen molar-refractivity contribution >= 4 is 17.6 Å². The maximum Gasteiger partial charge on any atom is 0.426 e. The lowest BCUT2D eigenvalue weighted by Gasteiger charge is -2.13. The Bertz CT molecular complexity index is 1070. The van der Waals surface area contributed by atoms with Crippen LogP contribution in [0.4, 0.5) is 26.3 Å². The summed E-state index contributed by atoms with van der Waals surface area (Å²) in [5, 5.41) is -1.27. The first-order valence-electron chi connectivity index (χ1n) is 10.0. The normalized spacial score (nSPS) is 20.5. The first kappa shape index (κ1) is 25.1. The molecule has 0 heterocycles. The molecule has 0 aliphatic heterocycles. The highest BCUT2D eigenvalue weighted by atomic mass is 35.5. The number of benzene rings is 2. The van der Waals surface area contributed by atoms with Gasteiger partial charge >= 0.3 is 18.3 Å². The molecule has 0 N–H and O–H groups in total.